The molecule has 2 rings (SSSR count). The maximum absolute atomic E-state index is 5.74. The van der Waals surface area contributed by atoms with Crippen LogP contribution < -0.4 is 5.30 Å². The third kappa shape index (κ3) is 3.02. The number of rotatable bonds is 3. The minimum Gasteiger partial charge on any atom is -0.105 e. The average Bonchev–Trinajstić information content (AvgIpc) is 3.02. The van der Waals surface area contributed by atoms with Crippen molar-refractivity contribution in [2.45, 2.75) is 45.2 Å². The van der Waals surface area contributed by atoms with Crippen LogP contribution in [0.1, 0.15) is 56.4 Å². The van der Waals surface area contributed by atoms with E-state index in [1.165, 1.54) is 23.7 Å². The van der Waals surface area contributed by atoms with Crippen LogP contribution in [0.2, 0.25) is 0 Å². The zero-order chi connectivity index (χ0) is 13.5. The molecule has 4 radical (unpaired) electrons. The van der Waals surface area contributed by atoms with Crippen molar-refractivity contribution in [1.29, 1.82) is 0 Å². The van der Waals surface area contributed by atoms with Gasteiger partial charge < -0.3 is 0 Å². The molecule has 0 amide bonds. The summed E-state index contributed by atoms with van der Waals surface area (Å²) >= 11 is 0. The first kappa shape index (κ1) is 14.2. The van der Waals surface area contributed by atoms with Crippen molar-refractivity contribution in [1.82, 2.24) is 0 Å². The number of hydrogen-bond donors (Lipinski definition) is 0. The highest BCUT2D eigenvalue weighted by atomic mass is 31.0. The van der Waals surface area contributed by atoms with Gasteiger partial charge in [-0.15, -0.1) is 9.24 Å². The van der Waals surface area contributed by atoms with Gasteiger partial charge in [0.25, 0.3) is 0 Å². The van der Waals surface area contributed by atoms with Crippen LogP contribution >= 0.6 is 9.24 Å². The second-order valence-corrected chi connectivity index (χ2v) is 7.22. The maximum Gasteiger partial charge on any atom is 0.0637 e. The summed E-state index contributed by atoms with van der Waals surface area (Å²) in [4.78, 5) is 0. The average molecular weight is 254 g/mol. The SMILES string of the molecule is [B]C([B])c1ccc(C(C2CC2)C(C)(C)C)c(P)c1. The van der Waals surface area contributed by atoms with Crippen molar-refractivity contribution in [2.75, 3.05) is 0 Å². The third-order valence-corrected chi connectivity index (χ3v) is 4.36. The van der Waals surface area contributed by atoms with Crippen molar-refractivity contribution >= 4 is 30.2 Å². The smallest absolute Gasteiger partial charge is 0.0637 e. The molecule has 92 valence electrons. The predicted molar refractivity (Wildman–Crippen MR) is 85.0 cm³/mol. The van der Waals surface area contributed by atoms with Crippen LogP contribution in [0.4, 0.5) is 0 Å². The molecule has 0 heterocycles. The van der Waals surface area contributed by atoms with Crippen LogP contribution in [0.15, 0.2) is 18.2 Å². The van der Waals surface area contributed by atoms with Crippen LogP contribution in [-0.2, 0) is 0 Å². The summed E-state index contributed by atoms with van der Waals surface area (Å²) in [6, 6.07) is 6.42. The topological polar surface area (TPSA) is 0 Å². The molecule has 2 atom stereocenters. The first-order valence-electron chi connectivity index (χ1n) is 6.71. The van der Waals surface area contributed by atoms with Gasteiger partial charge in [0.1, 0.15) is 0 Å². The van der Waals surface area contributed by atoms with E-state index in [-0.39, 0.29) is 5.72 Å². The van der Waals surface area contributed by atoms with Gasteiger partial charge in [0.15, 0.2) is 0 Å². The molecule has 0 aliphatic heterocycles. The lowest BCUT2D eigenvalue weighted by Crippen LogP contribution is -2.24. The summed E-state index contributed by atoms with van der Waals surface area (Å²) in [5.41, 5.74) is 2.37. The van der Waals surface area contributed by atoms with Crippen molar-refractivity contribution in [3.8, 4) is 0 Å². The Labute approximate surface area is 116 Å². The highest BCUT2D eigenvalue weighted by Crippen LogP contribution is 2.51. The minimum atomic E-state index is -0.382. The monoisotopic (exact) mass is 254 g/mol. The molecule has 0 bridgehead atoms. The van der Waals surface area contributed by atoms with E-state index in [9.17, 15) is 0 Å². The van der Waals surface area contributed by atoms with Gasteiger partial charge in [-0.3, -0.25) is 0 Å². The molecule has 3 heteroatoms. The second kappa shape index (κ2) is 5.04. The molecular weight excluding hydrogens is 233 g/mol. The Hall–Kier alpha value is -0.220. The van der Waals surface area contributed by atoms with Gasteiger partial charge in [0, 0.05) is 0 Å². The van der Waals surface area contributed by atoms with Crippen LogP contribution in [0.3, 0.4) is 0 Å². The quantitative estimate of drug-likeness (QED) is 0.574. The number of hydrogen-bond acceptors (Lipinski definition) is 0. The molecule has 0 aromatic heterocycles. The van der Waals surface area contributed by atoms with Crippen LogP contribution in [0.25, 0.3) is 0 Å². The van der Waals surface area contributed by atoms with E-state index >= 15 is 0 Å². The predicted octanol–water partition coefficient (Wildman–Crippen LogP) is 3.06. The minimum absolute atomic E-state index is 0.304. The van der Waals surface area contributed by atoms with E-state index in [0.29, 0.717) is 11.3 Å². The number of benzene rings is 1. The fourth-order valence-corrected chi connectivity index (χ4v) is 3.41. The van der Waals surface area contributed by atoms with E-state index in [1.807, 2.05) is 0 Å². The van der Waals surface area contributed by atoms with Gasteiger partial charge in [-0.1, -0.05) is 50.3 Å². The highest BCUT2D eigenvalue weighted by Gasteiger charge is 2.40. The molecule has 1 aromatic carbocycles. The van der Waals surface area contributed by atoms with E-state index in [0.717, 1.165) is 11.5 Å². The fourth-order valence-electron chi connectivity index (χ4n) is 2.94. The van der Waals surface area contributed by atoms with E-state index < -0.39 is 0 Å². The Morgan fingerprint density at radius 1 is 1.22 bits per heavy atom. The van der Waals surface area contributed by atoms with Gasteiger partial charge >= 0.3 is 0 Å². The fraction of sp³-hybridized carbons (Fsp3) is 0.600. The lowest BCUT2D eigenvalue weighted by molar-refractivity contribution is 0.293. The van der Waals surface area contributed by atoms with Crippen LogP contribution in [0, 0.1) is 11.3 Å². The zero-order valence-corrected chi connectivity index (χ0v) is 12.8. The van der Waals surface area contributed by atoms with Crippen molar-refractivity contribution in [3.05, 3.63) is 29.3 Å². The molecular formula is C15H21B2P. The summed E-state index contributed by atoms with van der Waals surface area (Å²) in [5, 5.41) is 1.25. The molecule has 1 fully saturated rings. The lowest BCUT2D eigenvalue weighted by Gasteiger charge is -2.33. The molecule has 1 aliphatic carbocycles. The van der Waals surface area contributed by atoms with Gasteiger partial charge in [0.2, 0.25) is 0 Å². The molecule has 0 nitrogen and oxygen atoms in total. The summed E-state index contributed by atoms with van der Waals surface area (Å²) < 4.78 is 0. The van der Waals surface area contributed by atoms with E-state index in [1.54, 1.807) is 0 Å². The van der Waals surface area contributed by atoms with Gasteiger partial charge in [-0.2, -0.15) is 0 Å². The molecule has 0 saturated heterocycles. The standard InChI is InChI=1S/C15H21B2P/c1-15(2,3)13(9-4-5-9)11-7-6-10(14(16)17)8-12(11)18/h6-9,13-14H,4-5,18H2,1-3H3. The lowest BCUT2D eigenvalue weighted by atomic mass is 9.66. The van der Waals surface area contributed by atoms with Crippen molar-refractivity contribution in [3.63, 3.8) is 0 Å². The van der Waals surface area contributed by atoms with Gasteiger partial charge in [-0.05, 0) is 41.0 Å². The third-order valence-electron chi connectivity index (χ3n) is 3.86. The molecule has 0 spiro atoms. The summed E-state index contributed by atoms with van der Waals surface area (Å²) in [7, 11) is 14.3. The van der Waals surface area contributed by atoms with Crippen LogP contribution in [0.5, 0.6) is 0 Å². The molecule has 1 saturated carbocycles. The molecule has 1 aliphatic rings. The summed E-state index contributed by atoms with van der Waals surface area (Å²) in [5.74, 6) is 1.48. The summed E-state index contributed by atoms with van der Waals surface area (Å²) in [6.07, 6.45) is 2.73. The molecule has 1 aromatic rings. The Morgan fingerprint density at radius 2 is 1.83 bits per heavy atom. The normalized spacial score (nSPS) is 18.1. The van der Waals surface area contributed by atoms with Gasteiger partial charge in [0.05, 0.1) is 15.7 Å². The first-order chi connectivity index (χ1) is 8.30. The zero-order valence-electron chi connectivity index (χ0n) is 11.6. The first-order valence-corrected chi connectivity index (χ1v) is 7.29. The second-order valence-electron chi connectivity index (χ2n) is 6.60. The van der Waals surface area contributed by atoms with E-state index in [4.69, 9.17) is 15.7 Å². The van der Waals surface area contributed by atoms with Crippen molar-refractivity contribution in [2.24, 2.45) is 11.3 Å². The summed E-state index contributed by atoms with van der Waals surface area (Å²) in [6.45, 7) is 7.01. The Bertz CT molecular complexity index is 431. The van der Waals surface area contributed by atoms with Crippen LogP contribution in [-0.4, -0.2) is 15.7 Å². The van der Waals surface area contributed by atoms with Gasteiger partial charge in [-0.25, -0.2) is 0 Å². The van der Waals surface area contributed by atoms with Crippen molar-refractivity contribution < 1.29 is 0 Å². The molecule has 2 unspecified atom stereocenters. The largest absolute Gasteiger partial charge is 0.105 e. The Balaban J connectivity index is 2.37. The van der Waals surface area contributed by atoms with E-state index in [2.05, 4.69) is 48.2 Å². The molecule has 0 N–H and O–H groups in total. The Kier molecular flexibility index (Phi) is 3.98. The Morgan fingerprint density at radius 3 is 2.22 bits per heavy atom. The highest BCUT2D eigenvalue weighted by molar-refractivity contribution is 7.27. The molecule has 18 heavy (non-hydrogen) atoms. The maximum atomic E-state index is 5.74.